The van der Waals surface area contributed by atoms with Crippen LogP contribution in [0.1, 0.15) is 23.5 Å². The van der Waals surface area contributed by atoms with E-state index in [0.717, 1.165) is 11.1 Å². The summed E-state index contributed by atoms with van der Waals surface area (Å²) in [6.07, 6.45) is 2.32. The van der Waals surface area contributed by atoms with Gasteiger partial charge in [0.2, 0.25) is 5.91 Å². The number of rotatable bonds is 8. The molecule has 1 amide bonds. The Bertz CT molecular complexity index is 621. The van der Waals surface area contributed by atoms with Crippen molar-refractivity contribution in [2.45, 2.75) is 18.4 Å². The molecule has 0 aliphatic carbocycles. The van der Waals surface area contributed by atoms with Crippen molar-refractivity contribution in [3.8, 4) is 0 Å². The molecule has 0 saturated carbocycles. The van der Waals surface area contributed by atoms with Gasteiger partial charge in [0, 0.05) is 0 Å². The molecule has 0 saturated heterocycles. The first-order valence-corrected chi connectivity index (χ1v) is 9.15. The van der Waals surface area contributed by atoms with Crippen LogP contribution in [0.25, 0.3) is 0 Å². The maximum atomic E-state index is 12.8. The number of benzene rings is 2. The molecule has 2 rings (SSSR count). The second-order valence-corrected chi connectivity index (χ2v) is 6.42. The van der Waals surface area contributed by atoms with Gasteiger partial charge in [0.05, 0.1) is 5.92 Å². The third kappa shape index (κ3) is 4.86. The van der Waals surface area contributed by atoms with E-state index in [4.69, 9.17) is 0 Å². The van der Waals surface area contributed by atoms with Crippen LogP contribution in [0, 0.1) is 0 Å². The Kier molecular flexibility index (Phi) is 6.88. The quantitative estimate of drug-likeness (QED) is 0.773. The number of carboxylic acids is 1. The molecule has 0 bridgehead atoms. The normalized spacial score (nSPS) is 11.9. The molecule has 2 aromatic carbocycles. The number of hydrogen-bond donors (Lipinski definition) is 2. The summed E-state index contributed by atoms with van der Waals surface area (Å²) in [5.41, 5.74) is 1.69. The highest BCUT2D eigenvalue weighted by atomic mass is 32.2. The average molecular weight is 343 g/mol. The summed E-state index contributed by atoms with van der Waals surface area (Å²) in [7, 11) is 0. The van der Waals surface area contributed by atoms with Gasteiger partial charge >= 0.3 is 5.97 Å². The van der Waals surface area contributed by atoms with Gasteiger partial charge in [-0.1, -0.05) is 60.7 Å². The maximum Gasteiger partial charge on any atom is 0.326 e. The van der Waals surface area contributed by atoms with Crippen LogP contribution in [-0.2, 0) is 9.59 Å². The van der Waals surface area contributed by atoms with Crippen molar-refractivity contribution in [3.05, 3.63) is 71.8 Å². The molecule has 5 heteroatoms. The molecule has 24 heavy (non-hydrogen) atoms. The van der Waals surface area contributed by atoms with Crippen molar-refractivity contribution >= 4 is 23.6 Å². The van der Waals surface area contributed by atoms with Gasteiger partial charge in [-0.25, -0.2) is 4.79 Å². The third-order valence-corrected chi connectivity index (χ3v) is 4.40. The topological polar surface area (TPSA) is 66.4 Å². The van der Waals surface area contributed by atoms with Crippen LogP contribution in [0.4, 0.5) is 0 Å². The average Bonchev–Trinajstić information content (AvgIpc) is 2.60. The van der Waals surface area contributed by atoms with E-state index in [1.165, 1.54) is 0 Å². The number of nitrogens with one attached hydrogen (secondary N) is 1. The Morgan fingerprint density at radius 1 is 1.00 bits per heavy atom. The molecule has 0 aromatic heterocycles. The highest BCUT2D eigenvalue weighted by Crippen LogP contribution is 2.25. The van der Waals surface area contributed by atoms with Gasteiger partial charge in [-0.2, -0.15) is 11.8 Å². The molecule has 0 fully saturated rings. The second-order valence-electron chi connectivity index (χ2n) is 5.44. The van der Waals surface area contributed by atoms with Gasteiger partial charge in [0.25, 0.3) is 0 Å². The fraction of sp³-hybridized carbons (Fsp3) is 0.263. The van der Waals surface area contributed by atoms with E-state index >= 15 is 0 Å². The lowest BCUT2D eigenvalue weighted by molar-refractivity contribution is -0.141. The van der Waals surface area contributed by atoms with Crippen LogP contribution in [-0.4, -0.2) is 35.0 Å². The lowest BCUT2D eigenvalue weighted by Crippen LogP contribution is -2.43. The Morgan fingerprint density at radius 2 is 1.50 bits per heavy atom. The molecule has 0 spiro atoms. The molecule has 126 valence electrons. The van der Waals surface area contributed by atoms with E-state index in [-0.39, 0.29) is 5.91 Å². The fourth-order valence-corrected chi connectivity index (χ4v) is 3.01. The molecule has 1 atom stereocenters. The maximum absolute atomic E-state index is 12.8. The van der Waals surface area contributed by atoms with Gasteiger partial charge in [0.1, 0.15) is 6.04 Å². The van der Waals surface area contributed by atoms with Gasteiger partial charge in [-0.3, -0.25) is 4.79 Å². The number of thioether (sulfide) groups is 1. The number of hydrogen-bond acceptors (Lipinski definition) is 3. The van der Waals surface area contributed by atoms with Crippen molar-refractivity contribution in [3.63, 3.8) is 0 Å². The molecule has 0 radical (unpaired) electrons. The Balaban J connectivity index is 2.26. The molecular formula is C19H21NO3S. The Morgan fingerprint density at radius 3 is 1.92 bits per heavy atom. The number of amides is 1. The molecule has 0 aliphatic rings. The summed E-state index contributed by atoms with van der Waals surface area (Å²) in [6.45, 7) is 0. The van der Waals surface area contributed by atoms with Gasteiger partial charge < -0.3 is 10.4 Å². The summed E-state index contributed by atoms with van der Waals surface area (Å²) < 4.78 is 0. The minimum absolute atomic E-state index is 0.291. The number of carboxylic acid groups (broad SMARTS) is 1. The third-order valence-electron chi connectivity index (χ3n) is 3.75. The summed E-state index contributed by atoms with van der Waals surface area (Å²) in [5, 5.41) is 12.0. The van der Waals surface area contributed by atoms with Crippen molar-refractivity contribution < 1.29 is 14.7 Å². The predicted molar refractivity (Wildman–Crippen MR) is 97.3 cm³/mol. The van der Waals surface area contributed by atoms with E-state index in [9.17, 15) is 14.7 Å². The molecular weight excluding hydrogens is 322 g/mol. The highest BCUT2D eigenvalue weighted by Gasteiger charge is 2.27. The van der Waals surface area contributed by atoms with Gasteiger partial charge in [0.15, 0.2) is 0 Å². The highest BCUT2D eigenvalue weighted by molar-refractivity contribution is 7.98. The smallest absolute Gasteiger partial charge is 0.326 e. The molecule has 4 nitrogen and oxygen atoms in total. The fourth-order valence-electron chi connectivity index (χ4n) is 2.53. The van der Waals surface area contributed by atoms with E-state index < -0.39 is 17.9 Å². The van der Waals surface area contributed by atoms with Crippen LogP contribution >= 0.6 is 11.8 Å². The minimum Gasteiger partial charge on any atom is -0.480 e. The summed E-state index contributed by atoms with van der Waals surface area (Å²) in [4.78, 5) is 24.3. The van der Waals surface area contributed by atoms with Gasteiger partial charge in [-0.05, 0) is 29.6 Å². The standard InChI is InChI=1S/C19H21NO3S/c1-24-13-12-16(19(22)23)20-18(21)17(14-8-4-2-5-9-14)15-10-6-3-7-11-15/h2-11,16-17H,12-13H2,1H3,(H,20,21)(H,22,23)/t16-/m1/s1. The summed E-state index contributed by atoms with van der Waals surface area (Å²) in [5.74, 6) is -1.14. The minimum atomic E-state index is -1.00. The zero-order valence-electron chi connectivity index (χ0n) is 13.5. The Hall–Kier alpha value is -2.27. The first kappa shape index (κ1) is 18.1. The molecule has 0 aliphatic heterocycles. The first-order valence-electron chi connectivity index (χ1n) is 7.75. The van der Waals surface area contributed by atoms with Crippen LogP contribution in [0.5, 0.6) is 0 Å². The van der Waals surface area contributed by atoms with Crippen molar-refractivity contribution in [1.82, 2.24) is 5.32 Å². The lowest BCUT2D eigenvalue weighted by atomic mass is 9.90. The summed E-state index contributed by atoms with van der Waals surface area (Å²) >= 11 is 1.56. The van der Waals surface area contributed by atoms with Crippen molar-refractivity contribution in [2.24, 2.45) is 0 Å². The molecule has 0 unspecified atom stereocenters. The number of carbonyl (C=O) groups is 2. The number of carbonyl (C=O) groups excluding carboxylic acids is 1. The lowest BCUT2D eigenvalue weighted by Gasteiger charge is -2.21. The van der Waals surface area contributed by atoms with Gasteiger partial charge in [-0.15, -0.1) is 0 Å². The van der Waals surface area contributed by atoms with Crippen LogP contribution in [0.15, 0.2) is 60.7 Å². The van der Waals surface area contributed by atoms with E-state index in [1.807, 2.05) is 66.9 Å². The monoisotopic (exact) mass is 343 g/mol. The molecule has 2 N–H and O–H groups in total. The number of aliphatic carboxylic acids is 1. The van der Waals surface area contributed by atoms with E-state index in [1.54, 1.807) is 11.8 Å². The van der Waals surface area contributed by atoms with E-state index in [0.29, 0.717) is 12.2 Å². The zero-order chi connectivity index (χ0) is 17.4. The molecule has 0 heterocycles. The zero-order valence-corrected chi connectivity index (χ0v) is 14.3. The van der Waals surface area contributed by atoms with Crippen LogP contribution in [0.2, 0.25) is 0 Å². The predicted octanol–water partition coefficient (Wildman–Crippen LogP) is 3.14. The SMILES string of the molecule is CSCC[C@@H](NC(=O)C(c1ccccc1)c1ccccc1)C(=O)O. The van der Waals surface area contributed by atoms with Crippen LogP contribution < -0.4 is 5.32 Å². The Labute approximate surface area is 146 Å². The van der Waals surface area contributed by atoms with Crippen LogP contribution in [0.3, 0.4) is 0 Å². The first-order chi connectivity index (χ1) is 11.6. The second kappa shape index (κ2) is 9.13. The van der Waals surface area contributed by atoms with Crippen molar-refractivity contribution in [1.29, 1.82) is 0 Å². The largest absolute Gasteiger partial charge is 0.480 e. The summed E-state index contributed by atoms with van der Waals surface area (Å²) in [6, 6.07) is 17.9. The van der Waals surface area contributed by atoms with E-state index in [2.05, 4.69) is 5.32 Å². The molecule has 2 aromatic rings. The van der Waals surface area contributed by atoms with Crippen molar-refractivity contribution in [2.75, 3.05) is 12.0 Å².